The fraction of sp³-hybridized carbons (Fsp3) is 0.727. The largest absolute Gasteiger partial charge is 0.469 e. The van der Waals surface area contributed by atoms with Crippen LogP contribution in [0.2, 0.25) is 0 Å². The van der Waals surface area contributed by atoms with Crippen LogP contribution in [0.5, 0.6) is 0 Å². The van der Waals surface area contributed by atoms with E-state index in [0.717, 1.165) is 26.1 Å². The highest BCUT2D eigenvalue weighted by atomic mass is 16.5. The Kier molecular flexibility index (Phi) is 5.36. The lowest BCUT2D eigenvalue weighted by Gasteiger charge is -2.32. The summed E-state index contributed by atoms with van der Waals surface area (Å²) in [6.45, 7) is 7.12. The van der Waals surface area contributed by atoms with Gasteiger partial charge in [-0.15, -0.1) is 6.58 Å². The fourth-order valence-electron chi connectivity index (χ4n) is 1.65. The van der Waals surface area contributed by atoms with Crippen LogP contribution in [0.25, 0.3) is 0 Å². The van der Waals surface area contributed by atoms with Crippen molar-refractivity contribution in [3.05, 3.63) is 12.7 Å². The molecule has 4 nitrogen and oxygen atoms in total. The lowest BCUT2D eigenvalue weighted by molar-refractivity contribution is -0.145. The molecule has 15 heavy (non-hydrogen) atoms. The average Bonchev–Trinajstić information content (AvgIpc) is 2.26. The van der Waals surface area contributed by atoms with Crippen LogP contribution in [0.15, 0.2) is 12.7 Å². The third-order valence-electron chi connectivity index (χ3n) is 2.49. The Morgan fingerprint density at radius 3 is 3.20 bits per heavy atom. The zero-order chi connectivity index (χ0) is 11.1. The van der Waals surface area contributed by atoms with E-state index in [9.17, 15) is 4.79 Å². The molecule has 0 aromatic carbocycles. The van der Waals surface area contributed by atoms with Gasteiger partial charge in [0.1, 0.15) is 0 Å². The Balaban J connectivity index is 2.28. The minimum atomic E-state index is -0.203. The number of methoxy groups -OCH3 is 1. The molecule has 86 valence electrons. The first-order valence-electron chi connectivity index (χ1n) is 5.28. The summed E-state index contributed by atoms with van der Waals surface area (Å²) in [6, 6.07) is 0. The highest BCUT2D eigenvalue weighted by molar-refractivity contribution is 5.69. The van der Waals surface area contributed by atoms with E-state index in [1.165, 1.54) is 7.11 Å². The molecule has 0 aromatic heterocycles. The van der Waals surface area contributed by atoms with Crippen molar-refractivity contribution in [3.8, 4) is 0 Å². The molecular weight excluding hydrogens is 194 g/mol. The third-order valence-corrected chi connectivity index (χ3v) is 2.49. The molecule has 1 saturated heterocycles. The number of morpholine rings is 1. The normalized spacial score (nSPS) is 22.3. The molecule has 0 saturated carbocycles. The number of carbonyl (C=O) groups is 1. The van der Waals surface area contributed by atoms with Crippen molar-refractivity contribution in [2.75, 3.05) is 33.4 Å². The van der Waals surface area contributed by atoms with Crippen molar-refractivity contribution in [1.82, 2.24) is 4.90 Å². The van der Waals surface area contributed by atoms with Gasteiger partial charge in [-0.3, -0.25) is 9.69 Å². The molecule has 0 N–H and O–H groups in total. The van der Waals surface area contributed by atoms with E-state index in [2.05, 4.69) is 16.2 Å². The number of nitrogens with zero attached hydrogens (tertiary/aromatic N) is 1. The van der Waals surface area contributed by atoms with Crippen molar-refractivity contribution in [2.24, 2.45) is 0 Å². The van der Waals surface area contributed by atoms with Crippen LogP contribution in [0.4, 0.5) is 0 Å². The number of hydrogen-bond acceptors (Lipinski definition) is 4. The van der Waals surface area contributed by atoms with Gasteiger partial charge in [0.05, 0.1) is 26.2 Å². The molecule has 1 fully saturated rings. The first-order chi connectivity index (χ1) is 7.26. The Bertz CT molecular complexity index is 218. The summed E-state index contributed by atoms with van der Waals surface area (Å²) in [5.74, 6) is -0.203. The van der Waals surface area contributed by atoms with E-state index in [0.29, 0.717) is 13.0 Å². The van der Waals surface area contributed by atoms with Crippen LogP contribution in [0, 0.1) is 0 Å². The Morgan fingerprint density at radius 2 is 2.53 bits per heavy atom. The molecule has 1 aliphatic heterocycles. The summed E-state index contributed by atoms with van der Waals surface area (Å²) in [5, 5.41) is 0. The van der Waals surface area contributed by atoms with E-state index in [-0.39, 0.29) is 12.1 Å². The van der Waals surface area contributed by atoms with Gasteiger partial charge in [0, 0.05) is 19.6 Å². The van der Waals surface area contributed by atoms with E-state index in [4.69, 9.17) is 4.74 Å². The predicted molar refractivity (Wildman–Crippen MR) is 57.6 cm³/mol. The van der Waals surface area contributed by atoms with Gasteiger partial charge in [-0.25, -0.2) is 0 Å². The van der Waals surface area contributed by atoms with Gasteiger partial charge < -0.3 is 9.47 Å². The molecular formula is C11H19NO3. The summed E-state index contributed by atoms with van der Waals surface area (Å²) in [7, 11) is 1.40. The predicted octanol–water partition coefficient (Wildman–Crippen LogP) is 0.826. The van der Waals surface area contributed by atoms with Gasteiger partial charge >= 0.3 is 5.97 Å². The molecule has 0 aromatic rings. The van der Waals surface area contributed by atoms with E-state index in [1.807, 2.05) is 6.08 Å². The maximum Gasteiger partial charge on any atom is 0.308 e. The molecule has 4 heteroatoms. The Morgan fingerprint density at radius 1 is 1.73 bits per heavy atom. The van der Waals surface area contributed by atoms with E-state index in [1.54, 1.807) is 0 Å². The molecule has 0 spiro atoms. The van der Waals surface area contributed by atoms with Crippen molar-refractivity contribution in [2.45, 2.75) is 18.9 Å². The zero-order valence-corrected chi connectivity index (χ0v) is 9.28. The van der Waals surface area contributed by atoms with Crippen molar-refractivity contribution < 1.29 is 14.3 Å². The second-order valence-corrected chi connectivity index (χ2v) is 3.65. The molecule has 1 aliphatic rings. The quantitative estimate of drug-likeness (QED) is 0.501. The number of ether oxygens (including phenoxy) is 2. The van der Waals surface area contributed by atoms with E-state index >= 15 is 0 Å². The molecule has 1 atom stereocenters. The van der Waals surface area contributed by atoms with Crippen LogP contribution in [0.1, 0.15) is 12.8 Å². The monoisotopic (exact) mass is 213 g/mol. The molecule has 1 rings (SSSR count). The SMILES string of the molecule is C=CCCN1CCOC(CC(=O)OC)C1. The number of rotatable bonds is 5. The lowest BCUT2D eigenvalue weighted by Crippen LogP contribution is -2.43. The van der Waals surface area contributed by atoms with E-state index < -0.39 is 0 Å². The highest BCUT2D eigenvalue weighted by Crippen LogP contribution is 2.09. The lowest BCUT2D eigenvalue weighted by atomic mass is 10.2. The number of carbonyl (C=O) groups excluding carboxylic acids is 1. The minimum Gasteiger partial charge on any atom is -0.469 e. The summed E-state index contributed by atoms with van der Waals surface area (Å²) in [5.41, 5.74) is 0. The van der Waals surface area contributed by atoms with Gasteiger partial charge in [0.2, 0.25) is 0 Å². The molecule has 0 aliphatic carbocycles. The van der Waals surface area contributed by atoms with Crippen molar-refractivity contribution >= 4 is 5.97 Å². The second kappa shape index (κ2) is 6.58. The maximum absolute atomic E-state index is 11.1. The van der Waals surface area contributed by atoms with Gasteiger partial charge in [-0.2, -0.15) is 0 Å². The van der Waals surface area contributed by atoms with Gasteiger partial charge in [-0.05, 0) is 6.42 Å². The number of hydrogen-bond donors (Lipinski definition) is 0. The van der Waals surface area contributed by atoms with Crippen LogP contribution >= 0.6 is 0 Å². The molecule has 1 heterocycles. The van der Waals surface area contributed by atoms with Crippen LogP contribution in [0.3, 0.4) is 0 Å². The molecule has 0 amide bonds. The summed E-state index contributed by atoms with van der Waals surface area (Å²) in [4.78, 5) is 13.4. The van der Waals surface area contributed by atoms with Gasteiger partial charge in [0.25, 0.3) is 0 Å². The first kappa shape index (κ1) is 12.2. The summed E-state index contributed by atoms with van der Waals surface area (Å²) in [6.07, 6.45) is 3.22. The van der Waals surface area contributed by atoms with Crippen LogP contribution in [-0.4, -0.2) is 50.3 Å². The zero-order valence-electron chi connectivity index (χ0n) is 9.28. The fourth-order valence-corrected chi connectivity index (χ4v) is 1.65. The molecule has 0 bridgehead atoms. The topological polar surface area (TPSA) is 38.8 Å². The second-order valence-electron chi connectivity index (χ2n) is 3.65. The Labute approximate surface area is 90.8 Å². The minimum absolute atomic E-state index is 0.0176. The smallest absolute Gasteiger partial charge is 0.308 e. The Hall–Kier alpha value is -0.870. The van der Waals surface area contributed by atoms with Gasteiger partial charge in [0.15, 0.2) is 0 Å². The number of esters is 1. The van der Waals surface area contributed by atoms with Crippen molar-refractivity contribution in [3.63, 3.8) is 0 Å². The maximum atomic E-state index is 11.1. The van der Waals surface area contributed by atoms with Gasteiger partial charge in [-0.1, -0.05) is 6.08 Å². The highest BCUT2D eigenvalue weighted by Gasteiger charge is 2.22. The van der Waals surface area contributed by atoms with Crippen LogP contribution < -0.4 is 0 Å². The average molecular weight is 213 g/mol. The summed E-state index contributed by atoms with van der Waals surface area (Å²) < 4.78 is 10.1. The molecule has 0 radical (unpaired) electrons. The van der Waals surface area contributed by atoms with Crippen molar-refractivity contribution in [1.29, 1.82) is 0 Å². The van der Waals surface area contributed by atoms with Crippen LogP contribution in [-0.2, 0) is 14.3 Å². The third kappa shape index (κ3) is 4.44. The summed E-state index contributed by atoms with van der Waals surface area (Å²) >= 11 is 0. The molecule has 1 unspecified atom stereocenters. The first-order valence-corrected chi connectivity index (χ1v) is 5.28. The standard InChI is InChI=1S/C11H19NO3/c1-3-4-5-12-6-7-15-10(9-12)8-11(13)14-2/h3,10H,1,4-9H2,2H3.